The Morgan fingerprint density at radius 1 is 1.50 bits per heavy atom. The molecule has 0 spiro atoms. The summed E-state index contributed by atoms with van der Waals surface area (Å²) in [6.45, 7) is 3.03. The molecule has 5 nitrogen and oxygen atoms in total. The van der Waals surface area contributed by atoms with E-state index in [2.05, 4.69) is 15.6 Å². The molecule has 1 aliphatic rings. The number of ether oxygens (including phenoxy) is 1. The van der Waals surface area contributed by atoms with E-state index in [0.29, 0.717) is 30.3 Å². The predicted octanol–water partition coefficient (Wildman–Crippen LogP) is 2.33. The van der Waals surface area contributed by atoms with Crippen LogP contribution in [0.5, 0.6) is 0 Å². The van der Waals surface area contributed by atoms with Gasteiger partial charge in [0.1, 0.15) is 17.7 Å². The SMILES string of the molecule is C[C@H]1OCCN[C@@H]1C(=O)Nc1ncc(Cc2ccc(F)cc2F)s1. The fraction of sp³-hybridized carbons (Fsp3) is 0.375. The second-order valence-electron chi connectivity index (χ2n) is 5.54. The summed E-state index contributed by atoms with van der Waals surface area (Å²) in [5.41, 5.74) is 0.383. The van der Waals surface area contributed by atoms with Crippen LogP contribution in [0.2, 0.25) is 0 Å². The van der Waals surface area contributed by atoms with Gasteiger partial charge in [-0.3, -0.25) is 4.79 Å². The average Bonchev–Trinajstić information content (AvgIpc) is 2.97. The number of nitrogens with one attached hydrogen (secondary N) is 2. The van der Waals surface area contributed by atoms with Crippen LogP contribution in [0.1, 0.15) is 17.4 Å². The average molecular weight is 353 g/mol. The Bertz CT molecular complexity index is 738. The molecule has 0 bridgehead atoms. The van der Waals surface area contributed by atoms with Crippen molar-refractivity contribution < 1.29 is 18.3 Å². The summed E-state index contributed by atoms with van der Waals surface area (Å²) in [5, 5.41) is 6.29. The second kappa shape index (κ2) is 7.33. The highest BCUT2D eigenvalue weighted by molar-refractivity contribution is 7.15. The number of hydrogen-bond donors (Lipinski definition) is 2. The van der Waals surface area contributed by atoms with Gasteiger partial charge in [-0.2, -0.15) is 0 Å². The lowest BCUT2D eigenvalue weighted by atomic mass is 10.1. The molecule has 0 radical (unpaired) electrons. The van der Waals surface area contributed by atoms with E-state index in [4.69, 9.17) is 4.74 Å². The van der Waals surface area contributed by atoms with E-state index < -0.39 is 17.7 Å². The topological polar surface area (TPSA) is 63.2 Å². The molecule has 1 aliphatic heterocycles. The molecule has 0 aliphatic carbocycles. The first-order valence-electron chi connectivity index (χ1n) is 7.57. The number of halogens is 2. The first kappa shape index (κ1) is 16.9. The van der Waals surface area contributed by atoms with Crippen LogP contribution < -0.4 is 10.6 Å². The van der Waals surface area contributed by atoms with Crippen molar-refractivity contribution >= 4 is 22.4 Å². The van der Waals surface area contributed by atoms with Gasteiger partial charge in [0.15, 0.2) is 5.13 Å². The fourth-order valence-corrected chi connectivity index (χ4v) is 3.35. The summed E-state index contributed by atoms with van der Waals surface area (Å²) in [7, 11) is 0. The van der Waals surface area contributed by atoms with Crippen molar-refractivity contribution in [1.82, 2.24) is 10.3 Å². The molecule has 1 aromatic heterocycles. The summed E-state index contributed by atoms with van der Waals surface area (Å²) in [6, 6.07) is 3.06. The number of nitrogens with zero attached hydrogens (tertiary/aromatic N) is 1. The van der Waals surface area contributed by atoms with Gasteiger partial charge in [0.2, 0.25) is 5.91 Å². The zero-order valence-corrected chi connectivity index (χ0v) is 13.8. The van der Waals surface area contributed by atoms with E-state index in [1.807, 2.05) is 6.92 Å². The summed E-state index contributed by atoms with van der Waals surface area (Å²) < 4.78 is 32.1. The van der Waals surface area contributed by atoms with Gasteiger partial charge in [-0.05, 0) is 18.6 Å². The number of amides is 1. The normalized spacial score (nSPS) is 20.8. The summed E-state index contributed by atoms with van der Waals surface area (Å²) in [6.07, 6.45) is 1.66. The van der Waals surface area contributed by atoms with Crippen LogP contribution in [0, 0.1) is 11.6 Å². The monoisotopic (exact) mass is 353 g/mol. The highest BCUT2D eigenvalue weighted by Gasteiger charge is 2.28. The van der Waals surface area contributed by atoms with Crippen molar-refractivity contribution in [2.45, 2.75) is 25.5 Å². The lowest BCUT2D eigenvalue weighted by Crippen LogP contribution is -2.53. The van der Waals surface area contributed by atoms with E-state index in [1.165, 1.54) is 23.5 Å². The number of morpholine rings is 1. The van der Waals surface area contributed by atoms with Gasteiger partial charge < -0.3 is 15.4 Å². The Labute approximate surface area is 142 Å². The molecular formula is C16H17F2N3O2S. The zero-order valence-electron chi connectivity index (χ0n) is 13.0. The van der Waals surface area contributed by atoms with Crippen LogP contribution in [0.3, 0.4) is 0 Å². The molecule has 24 heavy (non-hydrogen) atoms. The number of aromatic nitrogens is 1. The molecule has 1 fully saturated rings. The minimum atomic E-state index is -0.607. The molecule has 8 heteroatoms. The number of rotatable bonds is 4. The number of thiazole rings is 1. The Morgan fingerprint density at radius 3 is 3.08 bits per heavy atom. The molecule has 1 saturated heterocycles. The van der Waals surface area contributed by atoms with Crippen molar-refractivity contribution in [1.29, 1.82) is 0 Å². The lowest BCUT2D eigenvalue weighted by Gasteiger charge is -2.28. The Morgan fingerprint density at radius 2 is 2.33 bits per heavy atom. The molecule has 2 aromatic rings. The van der Waals surface area contributed by atoms with E-state index in [1.54, 1.807) is 6.20 Å². The van der Waals surface area contributed by atoms with E-state index in [-0.39, 0.29) is 12.0 Å². The van der Waals surface area contributed by atoms with Crippen LogP contribution in [-0.4, -0.2) is 36.2 Å². The highest BCUT2D eigenvalue weighted by Crippen LogP contribution is 2.23. The third kappa shape index (κ3) is 3.95. The largest absolute Gasteiger partial charge is 0.375 e. The number of carbonyl (C=O) groups is 1. The van der Waals surface area contributed by atoms with Crippen LogP contribution in [0.4, 0.5) is 13.9 Å². The van der Waals surface area contributed by atoms with Crippen LogP contribution >= 0.6 is 11.3 Å². The van der Waals surface area contributed by atoms with E-state index in [9.17, 15) is 13.6 Å². The number of benzene rings is 1. The van der Waals surface area contributed by atoms with Crippen LogP contribution in [-0.2, 0) is 16.0 Å². The first-order chi connectivity index (χ1) is 11.5. The summed E-state index contributed by atoms with van der Waals surface area (Å²) in [5.74, 6) is -1.41. The first-order valence-corrected chi connectivity index (χ1v) is 8.39. The van der Waals surface area contributed by atoms with Gasteiger partial charge in [0, 0.05) is 30.1 Å². The number of hydrogen-bond acceptors (Lipinski definition) is 5. The molecule has 0 unspecified atom stereocenters. The maximum atomic E-state index is 13.7. The minimum absolute atomic E-state index is 0.212. The minimum Gasteiger partial charge on any atom is -0.375 e. The maximum Gasteiger partial charge on any atom is 0.245 e. The fourth-order valence-electron chi connectivity index (χ4n) is 2.51. The van der Waals surface area contributed by atoms with E-state index >= 15 is 0 Å². The smallest absolute Gasteiger partial charge is 0.245 e. The molecule has 1 aromatic carbocycles. The van der Waals surface area contributed by atoms with Gasteiger partial charge >= 0.3 is 0 Å². The second-order valence-corrected chi connectivity index (χ2v) is 6.66. The Balaban J connectivity index is 1.64. The Kier molecular flexibility index (Phi) is 5.17. The predicted molar refractivity (Wildman–Crippen MR) is 87.1 cm³/mol. The lowest BCUT2D eigenvalue weighted by molar-refractivity contribution is -0.123. The molecule has 3 rings (SSSR count). The standard InChI is InChI=1S/C16H17F2N3O2S/c1-9-14(19-4-5-23-9)15(22)21-16-20-8-12(24-16)6-10-2-3-11(17)7-13(10)18/h2-3,7-9,14,19H,4-6H2,1H3,(H,20,21,22)/t9-,14+/m1/s1. The van der Waals surface area contributed by atoms with E-state index in [0.717, 1.165) is 10.9 Å². The summed E-state index contributed by atoms with van der Waals surface area (Å²) >= 11 is 1.26. The van der Waals surface area contributed by atoms with Crippen molar-refractivity contribution in [2.75, 3.05) is 18.5 Å². The molecular weight excluding hydrogens is 336 g/mol. The molecule has 128 valence electrons. The Hall–Kier alpha value is -1.90. The van der Waals surface area contributed by atoms with Gasteiger partial charge in [-0.25, -0.2) is 13.8 Å². The zero-order chi connectivity index (χ0) is 17.1. The van der Waals surface area contributed by atoms with Crippen molar-refractivity contribution in [3.05, 3.63) is 46.5 Å². The van der Waals surface area contributed by atoms with Gasteiger partial charge in [0.25, 0.3) is 0 Å². The van der Waals surface area contributed by atoms with Gasteiger partial charge in [-0.1, -0.05) is 6.07 Å². The highest BCUT2D eigenvalue weighted by atomic mass is 32.1. The maximum absolute atomic E-state index is 13.7. The van der Waals surface area contributed by atoms with Crippen molar-refractivity contribution in [3.8, 4) is 0 Å². The molecule has 2 N–H and O–H groups in total. The molecule has 2 heterocycles. The third-order valence-electron chi connectivity index (χ3n) is 3.76. The van der Waals surface area contributed by atoms with Crippen molar-refractivity contribution in [2.24, 2.45) is 0 Å². The molecule has 0 saturated carbocycles. The number of carbonyl (C=O) groups excluding carboxylic acids is 1. The third-order valence-corrected chi connectivity index (χ3v) is 4.68. The van der Waals surface area contributed by atoms with Gasteiger partial charge in [-0.15, -0.1) is 11.3 Å². The summed E-state index contributed by atoms with van der Waals surface area (Å²) in [4.78, 5) is 17.2. The van der Waals surface area contributed by atoms with Crippen LogP contribution in [0.25, 0.3) is 0 Å². The van der Waals surface area contributed by atoms with Crippen LogP contribution in [0.15, 0.2) is 24.4 Å². The van der Waals surface area contributed by atoms with Crippen molar-refractivity contribution in [3.63, 3.8) is 0 Å². The number of anilines is 1. The quantitative estimate of drug-likeness (QED) is 0.886. The van der Waals surface area contributed by atoms with Gasteiger partial charge in [0.05, 0.1) is 12.7 Å². The molecule has 2 atom stereocenters. The molecule has 1 amide bonds.